The molecule has 1 aliphatic carbocycles. The van der Waals surface area contributed by atoms with Crippen LogP contribution in [0.15, 0.2) is 6.07 Å². The topological polar surface area (TPSA) is 71.3 Å². The maximum atomic E-state index is 12.3. The van der Waals surface area contributed by atoms with E-state index in [0.29, 0.717) is 12.8 Å². The average molecular weight is 319 g/mol. The van der Waals surface area contributed by atoms with Crippen LogP contribution in [0.25, 0.3) is 0 Å². The van der Waals surface area contributed by atoms with Crippen LogP contribution < -0.4 is 5.32 Å². The number of aliphatic carboxylic acids is 1. The first-order chi connectivity index (χ1) is 9.37. The quantitative estimate of drug-likeness (QED) is 0.900. The summed E-state index contributed by atoms with van der Waals surface area (Å²) in [6.07, 6.45) is 3.47. The molecule has 5 nitrogen and oxygen atoms in total. The Hall–Kier alpha value is -1.20. The first kappa shape index (κ1) is 15.2. The van der Waals surface area contributed by atoms with Gasteiger partial charge in [-0.2, -0.15) is 0 Å². The molecule has 110 valence electrons. The normalized spacial score (nSPS) is 17.8. The minimum absolute atomic E-state index is 0.254. The smallest absolute Gasteiger partial charge is 0.329 e. The predicted octanol–water partition coefficient (Wildman–Crippen LogP) is 2.85. The molecule has 0 spiro atoms. The molecular formula is C13H16Cl2N2O3. The van der Waals surface area contributed by atoms with Gasteiger partial charge in [0, 0.05) is 7.05 Å². The molecule has 1 fully saturated rings. The van der Waals surface area contributed by atoms with Crippen LogP contribution in [0.1, 0.15) is 42.6 Å². The molecule has 0 saturated heterocycles. The van der Waals surface area contributed by atoms with Crippen LogP contribution in [0.4, 0.5) is 0 Å². The summed E-state index contributed by atoms with van der Waals surface area (Å²) in [5.74, 6) is -1.46. The molecule has 1 heterocycles. The molecule has 1 amide bonds. The Labute approximate surface area is 126 Å². The first-order valence-electron chi connectivity index (χ1n) is 6.44. The van der Waals surface area contributed by atoms with E-state index >= 15 is 0 Å². The molecule has 7 heteroatoms. The van der Waals surface area contributed by atoms with E-state index in [4.69, 9.17) is 23.2 Å². The van der Waals surface area contributed by atoms with Crippen molar-refractivity contribution in [1.82, 2.24) is 9.88 Å². The third-order valence-corrected chi connectivity index (χ3v) is 4.66. The van der Waals surface area contributed by atoms with Crippen molar-refractivity contribution in [3.8, 4) is 0 Å². The molecule has 0 atom stereocenters. The number of carboxylic acids is 1. The lowest BCUT2D eigenvalue weighted by molar-refractivity contribution is -0.145. The summed E-state index contributed by atoms with van der Waals surface area (Å²) < 4.78 is 1.44. The van der Waals surface area contributed by atoms with Gasteiger partial charge in [-0.1, -0.05) is 42.5 Å². The van der Waals surface area contributed by atoms with E-state index in [2.05, 4.69) is 5.32 Å². The van der Waals surface area contributed by atoms with Gasteiger partial charge in [0.2, 0.25) is 0 Å². The second-order valence-corrected chi connectivity index (χ2v) is 5.89. The van der Waals surface area contributed by atoms with Gasteiger partial charge in [-0.25, -0.2) is 4.79 Å². The highest BCUT2D eigenvalue weighted by atomic mass is 35.5. The fourth-order valence-electron chi connectivity index (χ4n) is 2.59. The van der Waals surface area contributed by atoms with Gasteiger partial charge in [-0.3, -0.25) is 4.79 Å². The fourth-order valence-corrected chi connectivity index (χ4v) is 2.96. The van der Waals surface area contributed by atoms with Crippen molar-refractivity contribution in [3.63, 3.8) is 0 Å². The van der Waals surface area contributed by atoms with Gasteiger partial charge in [0.1, 0.15) is 16.4 Å². The monoisotopic (exact) mass is 318 g/mol. The summed E-state index contributed by atoms with van der Waals surface area (Å²) in [5.41, 5.74) is -0.926. The summed E-state index contributed by atoms with van der Waals surface area (Å²) in [4.78, 5) is 23.8. The van der Waals surface area contributed by atoms with E-state index in [9.17, 15) is 14.7 Å². The van der Waals surface area contributed by atoms with E-state index < -0.39 is 17.4 Å². The maximum Gasteiger partial charge on any atom is 0.329 e. The summed E-state index contributed by atoms with van der Waals surface area (Å²) in [5, 5.41) is 12.6. The van der Waals surface area contributed by atoms with Gasteiger partial charge in [0.05, 0.1) is 5.02 Å². The number of nitrogens with zero attached hydrogens (tertiary/aromatic N) is 1. The third-order valence-electron chi connectivity index (χ3n) is 3.82. The lowest BCUT2D eigenvalue weighted by atomic mass is 9.81. The maximum absolute atomic E-state index is 12.3. The highest BCUT2D eigenvalue weighted by Gasteiger charge is 2.41. The van der Waals surface area contributed by atoms with Crippen LogP contribution in [-0.2, 0) is 11.8 Å². The van der Waals surface area contributed by atoms with Crippen LogP contribution in [0.3, 0.4) is 0 Å². The molecule has 20 heavy (non-hydrogen) atoms. The van der Waals surface area contributed by atoms with Crippen LogP contribution in [0.2, 0.25) is 10.2 Å². The molecule has 1 aromatic heterocycles. The number of carbonyl (C=O) groups is 2. The van der Waals surface area contributed by atoms with Crippen molar-refractivity contribution in [1.29, 1.82) is 0 Å². The summed E-state index contributed by atoms with van der Waals surface area (Å²) in [6, 6.07) is 1.44. The highest BCUT2D eigenvalue weighted by Crippen LogP contribution is 2.30. The van der Waals surface area contributed by atoms with Gasteiger partial charge < -0.3 is 15.0 Å². The molecule has 2 N–H and O–H groups in total. The number of rotatable bonds is 3. The Bertz CT molecular complexity index is 548. The fraction of sp³-hybridized carbons (Fsp3) is 0.538. The second kappa shape index (κ2) is 5.66. The van der Waals surface area contributed by atoms with Crippen LogP contribution in [-0.4, -0.2) is 27.1 Å². The zero-order valence-corrected chi connectivity index (χ0v) is 12.6. The first-order valence-corrected chi connectivity index (χ1v) is 7.19. The molecule has 0 bridgehead atoms. The molecule has 1 saturated carbocycles. The van der Waals surface area contributed by atoms with Crippen molar-refractivity contribution in [2.24, 2.45) is 7.05 Å². The third kappa shape index (κ3) is 2.65. The molecule has 0 aromatic carbocycles. The Morgan fingerprint density at radius 2 is 1.90 bits per heavy atom. The Morgan fingerprint density at radius 1 is 1.30 bits per heavy atom. The van der Waals surface area contributed by atoms with Gasteiger partial charge in [-0.05, 0) is 18.9 Å². The molecule has 0 unspecified atom stereocenters. The summed E-state index contributed by atoms with van der Waals surface area (Å²) in [6.45, 7) is 0. The Morgan fingerprint density at radius 3 is 2.35 bits per heavy atom. The van der Waals surface area contributed by atoms with Gasteiger partial charge >= 0.3 is 5.97 Å². The van der Waals surface area contributed by atoms with Crippen LogP contribution in [0.5, 0.6) is 0 Å². The number of hydrogen-bond donors (Lipinski definition) is 2. The van der Waals surface area contributed by atoms with Gasteiger partial charge in [-0.15, -0.1) is 0 Å². The summed E-state index contributed by atoms with van der Waals surface area (Å²) >= 11 is 11.8. The minimum atomic E-state index is -1.18. The molecule has 2 rings (SSSR count). The zero-order valence-electron chi connectivity index (χ0n) is 11.1. The minimum Gasteiger partial charge on any atom is -0.480 e. The van der Waals surface area contributed by atoms with Crippen molar-refractivity contribution in [2.75, 3.05) is 0 Å². The number of nitrogens with one attached hydrogen (secondary N) is 1. The molecule has 0 radical (unpaired) electrons. The van der Waals surface area contributed by atoms with E-state index in [0.717, 1.165) is 19.3 Å². The zero-order chi connectivity index (χ0) is 14.9. The number of carbonyl (C=O) groups excluding carboxylic acids is 1. The van der Waals surface area contributed by atoms with E-state index in [1.54, 1.807) is 7.05 Å². The molecule has 1 aromatic rings. The average Bonchev–Trinajstić information content (AvgIpc) is 2.67. The van der Waals surface area contributed by atoms with Crippen molar-refractivity contribution < 1.29 is 14.7 Å². The largest absolute Gasteiger partial charge is 0.480 e. The van der Waals surface area contributed by atoms with E-state index in [1.807, 2.05) is 0 Å². The SMILES string of the molecule is Cn1c(C(=O)NC2(C(=O)O)CCCCC2)cc(Cl)c1Cl. The Balaban J connectivity index is 2.24. The molecule has 0 aliphatic heterocycles. The van der Waals surface area contributed by atoms with Crippen LogP contribution >= 0.6 is 23.2 Å². The van der Waals surface area contributed by atoms with Crippen molar-refractivity contribution in [2.45, 2.75) is 37.6 Å². The van der Waals surface area contributed by atoms with E-state index in [1.165, 1.54) is 10.6 Å². The van der Waals surface area contributed by atoms with Crippen molar-refractivity contribution >= 4 is 35.1 Å². The lowest BCUT2D eigenvalue weighted by Crippen LogP contribution is -2.55. The van der Waals surface area contributed by atoms with Crippen LogP contribution in [0, 0.1) is 0 Å². The molecular weight excluding hydrogens is 303 g/mol. The number of carboxylic acid groups (broad SMARTS) is 1. The Kier molecular flexibility index (Phi) is 4.30. The highest BCUT2D eigenvalue weighted by molar-refractivity contribution is 6.41. The standard InChI is InChI=1S/C13H16Cl2N2O3/c1-17-9(7-8(14)10(17)15)11(18)16-13(12(19)20)5-3-2-4-6-13/h7H,2-6H2,1H3,(H,16,18)(H,19,20). The van der Waals surface area contributed by atoms with Gasteiger partial charge in [0.25, 0.3) is 5.91 Å². The number of aromatic nitrogens is 1. The molecule has 1 aliphatic rings. The number of hydrogen-bond acceptors (Lipinski definition) is 2. The van der Waals surface area contributed by atoms with E-state index in [-0.39, 0.29) is 15.9 Å². The summed E-state index contributed by atoms with van der Waals surface area (Å²) in [7, 11) is 1.61. The second-order valence-electron chi connectivity index (χ2n) is 5.13. The van der Waals surface area contributed by atoms with Crippen molar-refractivity contribution in [3.05, 3.63) is 21.9 Å². The predicted molar refractivity (Wildman–Crippen MR) is 76.4 cm³/mol. The number of halogens is 2. The lowest BCUT2D eigenvalue weighted by Gasteiger charge is -2.33. The van der Waals surface area contributed by atoms with Gasteiger partial charge in [0.15, 0.2) is 0 Å². The number of amides is 1.